The van der Waals surface area contributed by atoms with Gasteiger partial charge < -0.3 is 9.15 Å². The van der Waals surface area contributed by atoms with Crippen LogP contribution in [0.1, 0.15) is 21.6 Å². The van der Waals surface area contributed by atoms with E-state index in [9.17, 15) is 14.9 Å². The summed E-state index contributed by atoms with van der Waals surface area (Å²) in [4.78, 5) is 31.8. The van der Waals surface area contributed by atoms with Crippen LogP contribution < -0.4 is 0 Å². The maximum atomic E-state index is 12.6. The zero-order valence-electron chi connectivity index (χ0n) is 14.5. The fourth-order valence-electron chi connectivity index (χ4n) is 2.47. The average Bonchev–Trinajstić information content (AvgIpc) is 3.20. The number of aromatic nitrogens is 2. The highest BCUT2D eigenvalue weighted by atomic mass is 32.2. The van der Waals surface area contributed by atoms with Crippen molar-refractivity contribution in [3.05, 3.63) is 69.6 Å². The molecule has 0 aliphatic rings. The maximum absolute atomic E-state index is 12.6. The van der Waals surface area contributed by atoms with Crippen LogP contribution >= 0.6 is 11.8 Å². The second kappa shape index (κ2) is 8.00. The van der Waals surface area contributed by atoms with E-state index < -0.39 is 10.9 Å². The Labute approximate surface area is 158 Å². The Morgan fingerprint density at radius 2 is 2.04 bits per heavy atom. The number of thioether (sulfide) groups is 1. The molecule has 3 rings (SSSR count). The topological polar surface area (TPSA) is 108 Å². The number of ether oxygens (including phenoxy) is 1. The lowest BCUT2D eigenvalue weighted by atomic mass is 10.2. The van der Waals surface area contributed by atoms with Gasteiger partial charge in [-0.2, -0.15) is 0 Å². The minimum atomic E-state index is -0.638. The van der Waals surface area contributed by atoms with Crippen LogP contribution in [0.15, 0.2) is 52.1 Å². The normalized spacial score (nSPS) is 10.6. The minimum Gasteiger partial charge on any atom is -0.461 e. The molecule has 3 aromatic rings. The number of benzene rings is 1. The van der Waals surface area contributed by atoms with E-state index in [-0.39, 0.29) is 17.9 Å². The summed E-state index contributed by atoms with van der Waals surface area (Å²) >= 11 is 1.28. The predicted octanol–water partition coefficient (Wildman–Crippen LogP) is 4.03. The third-order valence-electron chi connectivity index (χ3n) is 3.74. The highest BCUT2D eigenvalue weighted by molar-refractivity contribution is 7.98. The molecule has 0 aliphatic heterocycles. The Balaban J connectivity index is 1.86. The van der Waals surface area contributed by atoms with Crippen LogP contribution in [0.3, 0.4) is 0 Å². The third kappa shape index (κ3) is 3.98. The molecule has 0 fully saturated rings. The first-order valence-electron chi connectivity index (χ1n) is 7.87. The van der Waals surface area contributed by atoms with Gasteiger partial charge in [0, 0.05) is 6.07 Å². The number of nitrogens with zero attached hydrogens (tertiary/aromatic N) is 3. The van der Waals surface area contributed by atoms with Gasteiger partial charge in [-0.25, -0.2) is 14.8 Å². The van der Waals surface area contributed by atoms with Crippen LogP contribution in [0.4, 0.5) is 5.69 Å². The highest BCUT2D eigenvalue weighted by Gasteiger charge is 2.22. The summed E-state index contributed by atoms with van der Waals surface area (Å²) in [5.41, 5.74) is 0.883. The maximum Gasteiger partial charge on any atom is 0.343 e. The highest BCUT2D eigenvalue weighted by Crippen LogP contribution is 2.26. The van der Waals surface area contributed by atoms with Gasteiger partial charge in [0.1, 0.15) is 17.2 Å². The summed E-state index contributed by atoms with van der Waals surface area (Å²) in [6.45, 7) is 1.46. The van der Waals surface area contributed by atoms with E-state index >= 15 is 0 Å². The second-order valence-electron chi connectivity index (χ2n) is 5.46. The second-order valence-corrected chi connectivity index (χ2v) is 6.25. The number of aryl methyl sites for hydroxylation is 1. The molecular weight excluding hydrogens is 370 g/mol. The molecule has 0 amide bonds. The van der Waals surface area contributed by atoms with Gasteiger partial charge >= 0.3 is 5.97 Å². The van der Waals surface area contributed by atoms with Gasteiger partial charge in [-0.3, -0.25) is 10.1 Å². The number of nitro groups is 1. The first-order chi connectivity index (χ1) is 13.0. The molecule has 1 aromatic carbocycles. The molecule has 27 heavy (non-hydrogen) atoms. The van der Waals surface area contributed by atoms with Crippen molar-refractivity contribution in [3.8, 4) is 11.6 Å². The third-order valence-corrected chi connectivity index (χ3v) is 4.42. The SMILES string of the molecule is CSc1nc(-c2ccco2)nc(C)c1C(=O)OCc1ccccc1[N+](=O)[O-]. The molecule has 0 radical (unpaired) electrons. The first kappa shape index (κ1) is 18.6. The van der Waals surface area contributed by atoms with E-state index in [1.807, 2.05) is 0 Å². The predicted molar refractivity (Wildman–Crippen MR) is 98.5 cm³/mol. The number of esters is 1. The molecule has 9 heteroatoms. The fraction of sp³-hybridized carbons (Fsp3) is 0.167. The van der Waals surface area contributed by atoms with Crippen LogP contribution in [0.5, 0.6) is 0 Å². The molecule has 8 nitrogen and oxygen atoms in total. The van der Waals surface area contributed by atoms with Crippen molar-refractivity contribution < 1.29 is 18.9 Å². The number of furan rings is 1. The lowest BCUT2D eigenvalue weighted by Crippen LogP contribution is -2.12. The Morgan fingerprint density at radius 1 is 1.26 bits per heavy atom. The van der Waals surface area contributed by atoms with Crippen molar-refractivity contribution in [1.82, 2.24) is 9.97 Å². The molecule has 0 bridgehead atoms. The summed E-state index contributed by atoms with van der Waals surface area (Å²) in [5.74, 6) is 0.228. The number of hydrogen-bond donors (Lipinski definition) is 0. The van der Waals surface area contributed by atoms with Crippen molar-refractivity contribution in [1.29, 1.82) is 0 Å². The Bertz CT molecular complexity index is 989. The van der Waals surface area contributed by atoms with Crippen molar-refractivity contribution in [3.63, 3.8) is 0 Å². The van der Waals surface area contributed by atoms with Crippen molar-refractivity contribution in [2.75, 3.05) is 6.26 Å². The molecule has 0 saturated heterocycles. The van der Waals surface area contributed by atoms with E-state index in [0.717, 1.165) is 0 Å². The van der Waals surface area contributed by atoms with Gasteiger partial charge in [-0.05, 0) is 31.4 Å². The van der Waals surface area contributed by atoms with Crippen molar-refractivity contribution in [2.45, 2.75) is 18.6 Å². The van der Waals surface area contributed by atoms with Crippen molar-refractivity contribution in [2.24, 2.45) is 0 Å². The lowest BCUT2D eigenvalue weighted by Gasteiger charge is -2.11. The monoisotopic (exact) mass is 385 g/mol. The summed E-state index contributed by atoms with van der Waals surface area (Å²) in [5, 5.41) is 11.5. The lowest BCUT2D eigenvalue weighted by molar-refractivity contribution is -0.385. The fourth-order valence-corrected chi connectivity index (χ4v) is 3.08. The molecule has 0 unspecified atom stereocenters. The van der Waals surface area contributed by atoms with Gasteiger partial charge in [0.25, 0.3) is 5.69 Å². The van der Waals surface area contributed by atoms with Crippen LogP contribution in [0, 0.1) is 17.0 Å². The van der Waals surface area contributed by atoms with Gasteiger partial charge in [-0.1, -0.05) is 12.1 Å². The quantitative estimate of drug-likeness (QED) is 0.206. The zero-order chi connectivity index (χ0) is 19.4. The number of para-hydroxylation sites is 1. The molecular formula is C18H15N3O5S. The molecule has 2 heterocycles. The van der Waals surface area contributed by atoms with Crippen LogP contribution in [-0.2, 0) is 11.3 Å². The molecule has 0 spiro atoms. The number of hydrogen-bond acceptors (Lipinski definition) is 8. The number of carbonyl (C=O) groups is 1. The standard InChI is InChI=1S/C18H15N3O5S/c1-11-15(17(27-2)20-16(19-11)14-8-5-9-25-14)18(22)26-10-12-6-3-4-7-13(12)21(23)24/h3-9H,10H2,1-2H3. The first-order valence-corrected chi connectivity index (χ1v) is 9.09. The van der Waals surface area contributed by atoms with Gasteiger partial charge in [0.15, 0.2) is 11.6 Å². The van der Waals surface area contributed by atoms with E-state index in [0.29, 0.717) is 27.9 Å². The number of nitro benzene ring substituents is 1. The van der Waals surface area contributed by atoms with Gasteiger partial charge in [0.2, 0.25) is 0 Å². The summed E-state index contributed by atoms with van der Waals surface area (Å²) in [6.07, 6.45) is 3.30. The van der Waals surface area contributed by atoms with Crippen LogP contribution in [0.25, 0.3) is 11.6 Å². The largest absolute Gasteiger partial charge is 0.461 e. The Kier molecular flexibility index (Phi) is 5.51. The van der Waals surface area contributed by atoms with Crippen LogP contribution in [0.2, 0.25) is 0 Å². The minimum absolute atomic E-state index is 0.100. The van der Waals surface area contributed by atoms with E-state index in [4.69, 9.17) is 9.15 Å². The zero-order valence-corrected chi connectivity index (χ0v) is 15.4. The van der Waals surface area contributed by atoms with E-state index in [1.165, 1.54) is 24.1 Å². The number of carbonyl (C=O) groups excluding carboxylic acids is 1. The molecule has 2 aromatic heterocycles. The number of rotatable bonds is 6. The molecule has 0 aliphatic carbocycles. The summed E-state index contributed by atoms with van der Waals surface area (Å²) in [6, 6.07) is 9.57. The molecule has 0 atom stereocenters. The summed E-state index contributed by atoms with van der Waals surface area (Å²) in [7, 11) is 0. The van der Waals surface area contributed by atoms with Crippen molar-refractivity contribution >= 4 is 23.4 Å². The van der Waals surface area contributed by atoms with E-state index in [1.54, 1.807) is 43.5 Å². The Hall–Kier alpha value is -3.20. The van der Waals surface area contributed by atoms with Gasteiger partial charge in [0.05, 0.1) is 22.4 Å². The smallest absolute Gasteiger partial charge is 0.343 e. The summed E-state index contributed by atoms with van der Waals surface area (Å²) < 4.78 is 10.6. The average molecular weight is 385 g/mol. The molecule has 0 N–H and O–H groups in total. The Morgan fingerprint density at radius 3 is 2.70 bits per heavy atom. The molecule has 0 saturated carbocycles. The molecule has 138 valence electrons. The van der Waals surface area contributed by atoms with Crippen LogP contribution in [-0.4, -0.2) is 27.1 Å². The van der Waals surface area contributed by atoms with Gasteiger partial charge in [-0.15, -0.1) is 11.8 Å². The van der Waals surface area contributed by atoms with E-state index in [2.05, 4.69) is 9.97 Å².